The average Bonchev–Trinajstić information content (AvgIpc) is 2.60. The lowest BCUT2D eigenvalue weighted by atomic mass is 10.3. The third-order valence-corrected chi connectivity index (χ3v) is 3.10. The van der Waals surface area contributed by atoms with Gasteiger partial charge in [0.25, 0.3) is 0 Å². The van der Waals surface area contributed by atoms with Crippen molar-refractivity contribution in [3.63, 3.8) is 0 Å². The minimum Gasteiger partial charge on any atom is -0.541 e. The lowest BCUT2D eigenvalue weighted by Crippen LogP contribution is -2.28. The van der Waals surface area contributed by atoms with Crippen LogP contribution in [0.2, 0.25) is 0 Å². The van der Waals surface area contributed by atoms with E-state index in [1.165, 1.54) is 7.11 Å². The van der Waals surface area contributed by atoms with E-state index in [4.69, 9.17) is 21.1 Å². The first-order valence-corrected chi connectivity index (χ1v) is 7.25. The van der Waals surface area contributed by atoms with E-state index >= 15 is 0 Å². The van der Waals surface area contributed by atoms with Crippen molar-refractivity contribution in [1.82, 2.24) is 0 Å². The fraction of sp³-hybridized carbons (Fsp3) is 0.0588. The molecule has 0 heterocycles. The maximum atomic E-state index is 11.2. The topological polar surface area (TPSA) is 83.0 Å². The Morgan fingerprint density at radius 3 is 2.33 bits per heavy atom. The van der Waals surface area contributed by atoms with Gasteiger partial charge < -0.3 is 19.4 Å². The van der Waals surface area contributed by atoms with Crippen LogP contribution >= 0.6 is 11.6 Å². The molecule has 0 unspecified atom stereocenters. The first kappa shape index (κ1) is 17.4. The molecule has 0 spiro atoms. The number of nitrogens with one attached hydrogen (secondary N) is 1. The molecule has 0 amide bonds. The zero-order valence-electron chi connectivity index (χ0n) is 12.7. The number of carboxylic acid groups (broad SMARTS) is 1. The van der Waals surface area contributed by atoms with Gasteiger partial charge in [-0.2, -0.15) is 5.10 Å². The number of hydrogen-bond donors (Lipinski definition) is 1. The highest BCUT2D eigenvalue weighted by Crippen LogP contribution is 2.20. The van der Waals surface area contributed by atoms with Gasteiger partial charge in [-0.1, -0.05) is 29.8 Å². The second-order valence-corrected chi connectivity index (χ2v) is 4.89. The highest BCUT2D eigenvalue weighted by atomic mass is 35.5. The summed E-state index contributed by atoms with van der Waals surface area (Å²) in [5.41, 5.74) is 3.44. The number of ether oxygens (including phenoxy) is 2. The number of allylic oxidation sites excluding steroid dienone is 1. The molecule has 0 saturated heterocycles. The van der Waals surface area contributed by atoms with Crippen LogP contribution in [0.3, 0.4) is 0 Å². The van der Waals surface area contributed by atoms with Crippen LogP contribution in [0.25, 0.3) is 0 Å². The van der Waals surface area contributed by atoms with Crippen LogP contribution in [-0.2, 0) is 4.79 Å². The van der Waals surface area contributed by atoms with E-state index in [1.807, 2.05) is 18.2 Å². The first-order chi connectivity index (χ1) is 11.6. The molecule has 6 nitrogen and oxygen atoms in total. The van der Waals surface area contributed by atoms with Gasteiger partial charge in [0, 0.05) is 0 Å². The number of aliphatic carboxylic acids is 1. The van der Waals surface area contributed by atoms with Crippen molar-refractivity contribution in [2.75, 3.05) is 12.5 Å². The summed E-state index contributed by atoms with van der Waals surface area (Å²) in [5, 5.41) is 14.9. The molecule has 0 aromatic heterocycles. The first-order valence-electron chi connectivity index (χ1n) is 6.87. The number of nitrogens with zero attached hydrogens (tertiary/aromatic N) is 1. The highest BCUT2D eigenvalue weighted by Gasteiger charge is 2.08. The van der Waals surface area contributed by atoms with Gasteiger partial charge >= 0.3 is 0 Å². The average molecular weight is 346 g/mol. The van der Waals surface area contributed by atoms with E-state index in [0.717, 1.165) is 11.9 Å². The molecular formula is C17H14ClN2O4-. The van der Waals surface area contributed by atoms with Gasteiger partial charge in [-0.05, 0) is 36.4 Å². The van der Waals surface area contributed by atoms with Gasteiger partial charge in [-0.15, -0.1) is 0 Å². The summed E-state index contributed by atoms with van der Waals surface area (Å²) in [7, 11) is 1.52. The second-order valence-electron chi connectivity index (χ2n) is 4.48. The number of carboxylic acids is 1. The highest BCUT2D eigenvalue weighted by molar-refractivity contribution is 6.40. The fourth-order valence-corrected chi connectivity index (χ4v) is 1.85. The number of halogens is 1. The van der Waals surface area contributed by atoms with Crippen LogP contribution < -0.4 is 20.0 Å². The summed E-state index contributed by atoms with van der Waals surface area (Å²) >= 11 is 5.94. The quantitative estimate of drug-likeness (QED) is 0.360. The Morgan fingerprint density at radius 1 is 1.12 bits per heavy atom. The molecule has 24 heavy (non-hydrogen) atoms. The van der Waals surface area contributed by atoms with Crippen molar-refractivity contribution in [2.24, 2.45) is 5.10 Å². The summed E-state index contributed by atoms with van der Waals surface area (Å²) in [6, 6.07) is 15.5. The summed E-state index contributed by atoms with van der Waals surface area (Å²) in [5.74, 6) is -1.21. The van der Waals surface area contributed by atoms with E-state index in [1.54, 1.807) is 36.4 Å². The molecule has 0 atom stereocenters. The van der Waals surface area contributed by atoms with Crippen LogP contribution in [0.5, 0.6) is 11.5 Å². The summed E-state index contributed by atoms with van der Waals surface area (Å²) in [6.45, 7) is 0. The molecule has 0 bridgehead atoms. The number of para-hydroxylation sites is 1. The normalized spacial score (nSPS) is 11.8. The SMILES string of the molecule is COc1ccc(O/C(C(=O)[O-])=C(/Cl)C=NNc2ccccc2)cc1. The molecule has 0 aliphatic heterocycles. The van der Waals surface area contributed by atoms with E-state index < -0.39 is 11.7 Å². The van der Waals surface area contributed by atoms with E-state index in [2.05, 4.69) is 10.5 Å². The fourth-order valence-electron chi connectivity index (χ4n) is 1.68. The molecule has 124 valence electrons. The molecular weight excluding hydrogens is 332 g/mol. The van der Waals surface area contributed by atoms with Gasteiger partial charge in [-0.3, -0.25) is 5.43 Å². The van der Waals surface area contributed by atoms with Gasteiger partial charge in [0.15, 0.2) is 5.76 Å². The number of hydrogen-bond acceptors (Lipinski definition) is 6. The minimum absolute atomic E-state index is 0.214. The Hall–Kier alpha value is -2.99. The van der Waals surface area contributed by atoms with Crippen molar-refractivity contribution in [1.29, 1.82) is 0 Å². The Bertz CT molecular complexity index is 743. The summed E-state index contributed by atoms with van der Waals surface area (Å²) in [6.07, 6.45) is 1.13. The third kappa shape index (κ3) is 5.03. The number of anilines is 1. The number of methoxy groups -OCH3 is 1. The predicted molar refractivity (Wildman–Crippen MR) is 90.1 cm³/mol. The predicted octanol–water partition coefficient (Wildman–Crippen LogP) is 2.37. The molecule has 7 heteroatoms. The monoisotopic (exact) mass is 345 g/mol. The Labute approximate surface area is 144 Å². The van der Waals surface area contributed by atoms with Gasteiger partial charge in [-0.25, -0.2) is 0 Å². The van der Waals surface area contributed by atoms with Crippen molar-refractivity contribution in [2.45, 2.75) is 0 Å². The van der Waals surface area contributed by atoms with Gasteiger partial charge in [0.1, 0.15) is 22.5 Å². The molecule has 0 saturated carbocycles. The third-order valence-electron chi connectivity index (χ3n) is 2.83. The van der Waals surface area contributed by atoms with Crippen LogP contribution in [0.4, 0.5) is 5.69 Å². The van der Waals surface area contributed by atoms with Crippen molar-refractivity contribution in [3.8, 4) is 11.5 Å². The lowest BCUT2D eigenvalue weighted by molar-refractivity contribution is -0.302. The van der Waals surface area contributed by atoms with Crippen molar-refractivity contribution < 1.29 is 19.4 Å². The molecule has 2 aromatic rings. The van der Waals surface area contributed by atoms with Crippen LogP contribution in [0, 0.1) is 0 Å². The number of benzene rings is 2. The van der Waals surface area contributed by atoms with E-state index in [-0.39, 0.29) is 10.8 Å². The van der Waals surface area contributed by atoms with E-state index in [0.29, 0.717) is 5.75 Å². The van der Waals surface area contributed by atoms with Gasteiger partial charge in [0.05, 0.1) is 19.0 Å². The molecule has 1 N–H and O–H groups in total. The maximum absolute atomic E-state index is 11.2. The Balaban J connectivity index is 2.11. The van der Waals surface area contributed by atoms with Crippen LogP contribution in [0.1, 0.15) is 0 Å². The number of carbonyl (C=O) groups excluding carboxylic acids is 1. The molecule has 2 rings (SSSR count). The zero-order valence-corrected chi connectivity index (χ0v) is 13.5. The lowest BCUT2D eigenvalue weighted by Gasteiger charge is -2.12. The molecule has 0 aliphatic rings. The Morgan fingerprint density at radius 2 is 1.75 bits per heavy atom. The van der Waals surface area contributed by atoms with Crippen molar-refractivity contribution >= 4 is 29.5 Å². The van der Waals surface area contributed by atoms with Crippen LogP contribution in [0.15, 0.2) is 70.5 Å². The number of hydrazone groups is 1. The molecule has 0 radical (unpaired) electrons. The summed E-state index contributed by atoms with van der Waals surface area (Å²) < 4.78 is 10.3. The molecule has 0 aliphatic carbocycles. The largest absolute Gasteiger partial charge is 0.541 e. The second kappa shape index (κ2) is 8.59. The smallest absolute Gasteiger partial charge is 0.170 e. The summed E-state index contributed by atoms with van der Waals surface area (Å²) in [4.78, 5) is 11.2. The minimum atomic E-state index is -1.55. The van der Waals surface area contributed by atoms with Crippen LogP contribution in [-0.4, -0.2) is 19.3 Å². The van der Waals surface area contributed by atoms with Gasteiger partial charge in [0.2, 0.25) is 0 Å². The Kier molecular flexibility index (Phi) is 6.22. The maximum Gasteiger partial charge on any atom is 0.170 e. The number of carbonyl (C=O) groups is 1. The molecule has 0 fully saturated rings. The standard InChI is InChI=1S/C17H15ClN2O4/c1-23-13-7-9-14(10-8-13)24-16(17(21)22)15(18)11-19-20-12-5-3-2-4-6-12/h2-11,20H,1H3,(H,21,22)/p-1/b16-15+,19-11?. The van der Waals surface area contributed by atoms with E-state index in [9.17, 15) is 9.90 Å². The number of rotatable bonds is 7. The van der Waals surface area contributed by atoms with Crippen molar-refractivity contribution in [3.05, 3.63) is 65.4 Å². The zero-order chi connectivity index (χ0) is 17.4. The molecule has 2 aromatic carbocycles.